The highest BCUT2D eigenvalue weighted by Gasteiger charge is 2.32. The first kappa shape index (κ1) is 16.4. The average Bonchev–Trinajstić information content (AvgIpc) is 2.62. The van der Waals surface area contributed by atoms with Gasteiger partial charge in [0.15, 0.2) is 0 Å². The van der Waals surface area contributed by atoms with Crippen LogP contribution < -0.4 is 5.32 Å². The summed E-state index contributed by atoms with van der Waals surface area (Å²) in [6.45, 7) is 1.65. The Kier molecular flexibility index (Phi) is 4.73. The van der Waals surface area contributed by atoms with Crippen molar-refractivity contribution in [2.75, 3.05) is 19.6 Å². The van der Waals surface area contributed by atoms with E-state index >= 15 is 0 Å². The molecule has 0 radical (unpaired) electrons. The molecule has 0 bridgehead atoms. The summed E-state index contributed by atoms with van der Waals surface area (Å²) in [5.41, 5.74) is 0.644. The van der Waals surface area contributed by atoms with E-state index in [4.69, 9.17) is 11.6 Å². The molecular formula is C16H15ClN4O3. The maximum atomic E-state index is 13.0. The minimum Gasteiger partial charge on any atom is -0.329 e. The van der Waals surface area contributed by atoms with Crippen molar-refractivity contribution in [1.82, 2.24) is 15.2 Å². The van der Waals surface area contributed by atoms with Crippen LogP contribution in [0, 0.1) is 10.1 Å². The Balaban J connectivity index is 1.97. The maximum Gasteiger partial charge on any atom is 0.283 e. The Labute approximate surface area is 143 Å². The van der Waals surface area contributed by atoms with Crippen molar-refractivity contribution in [2.24, 2.45) is 0 Å². The van der Waals surface area contributed by atoms with Crippen LogP contribution in [-0.4, -0.2) is 40.3 Å². The summed E-state index contributed by atoms with van der Waals surface area (Å²) in [5.74, 6) is -0.381. The molecule has 1 atom stereocenters. The predicted octanol–water partition coefficient (Wildman–Crippen LogP) is 2.43. The molecule has 1 saturated heterocycles. The second kappa shape index (κ2) is 6.94. The summed E-state index contributed by atoms with van der Waals surface area (Å²) in [4.78, 5) is 29.4. The molecule has 1 amide bonds. The molecule has 2 heterocycles. The van der Waals surface area contributed by atoms with E-state index in [9.17, 15) is 14.9 Å². The van der Waals surface area contributed by atoms with Crippen molar-refractivity contribution in [2.45, 2.75) is 6.04 Å². The lowest BCUT2D eigenvalue weighted by Gasteiger charge is -2.36. The van der Waals surface area contributed by atoms with Gasteiger partial charge in [-0.05, 0) is 23.8 Å². The zero-order chi connectivity index (χ0) is 17.1. The number of benzene rings is 1. The highest BCUT2D eigenvalue weighted by Crippen LogP contribution is 2.29. The standard InChI is InChI=1S/C16H15ClN4O3/c17-12-3-4-13(14(8-12)21(23)24)16(22)20-7-6-19-10-15(20)11-2-1-5-18-9-11/h1-5,8-9,15,19H,6-7,10H2. The second-order valence-electron chi connectivity index (χ2n) is 5.42. The average molecular weight is 347 g/mol. The van der Waals surface area contributed by atoms with Gasteiger partial charge in [0.25, 0.3) is 11.6 Å². The number of hydrogen-bond donors (Lipinski definition) is 1. The molecule has 1 aromatic heterocycles. The lowest BCUT2D eigenvalue weighted by atomic mass is 10.0. The molecule has 2 aromatic rings. The fourth-order valence-electron chi connectivity index (χ4n) is 2.81. The molecule has 0 saturated carbocycles. The second-order valence-corrected chi connectivity index (χ2v) is 5.86. The summed E-state index contributed by atoms with van der Waals surface area (Å²) in [6, 6.07) is 7.57. The molecule has 1 aliphatic heterocycles. The minimum atomic E-state index is -0.583. The molecule has 8 heteroatoms. The minimum absolute atomic E-state index is 0.0418. The number of nitro benzene ring substituents is 1. The lowest BCUT2D eigenvalue weighted by Crippen LogP contribution is -2.48. The normalized spacial score (nSPS) is 17.5. The quantitative estimate of drug-likeness (QED) is 0.681. The third-order valence-corrected chi connectivity index (χ3v) is 4.20. The van der Waals surface area contributed by atoms with Crippen LogP contribution in [0.25, 0.3) is 0 Å². The third kappa shape index (κ3) is 3.22. The molecule has 1 unspecified atom stereocenters. The van der Waals surface area contributed by atoms with Crippen LogP contribution in [0.5, 0.6) is 0 Å². The summed E-state index contributed by atoms with van der Waals surface area (Å²) in [7, 11) is 0. The van der Waals surface area contributed by atoms with Crippen molar-refractivity contribution in [3.05, 3.63) is 69.0 Å². The fraction of sp³-hybridized carbons (Fsp3) is 0.250. The molecule has 0 aliphatic carbocycles. The number of amides is 1. The Morgan fingerprint density at radius 2 is 2.25 bits per heavy atom. The Morgan fingerprint density at radius 3 is 2.96 bits per heavy atom. The molecular weight excluding hydrogens is 332 g/mol. The number of halogens is 1. The number of aromatic nitrogens is 1. The summed E-state index contributed by atoms with van der Waals surface area (Å²) < 4.78 is 0. The molecule has 7 nitrogen and oxygen atoms in total. The Morgan fingerprint density at radius 1 is 1.42 bits per heavy atom. The molecule has 1 N–H and O–H groups in total. The van der Waals surface area contributed by atoms with Crippen LogP contribution in [0.4, 0.5) is 5.69 Å². The van der Waals surface area contributed by atoms with Gasteiger partial charge < -0.3 is 10.2 Å². The third-order valence-electron chi connectivity index (χ3n) is 3.96. The molecule has 24 heavy (non-hydrogen) atoms. The van der Waals surface area contributed by atoms with E-state index in [0.29, 0.717) is 19.6 Å². The van der Waals surface area contributed by atoms with Gasteiger partial charge in [-0.15, -0.1) is 0 Å². The van der Waals surface area contributed by atoms with Crippen molar-refractivity contribution in [3.8, 4) is 0 Å². The fourth-order valence-corrected chi connectivity index (χ4v) is 2.98. The van der Waals surface area contributed by atoms with Gasteiger partial charge in [0.05, 0.1) is 11.0 Å². The Hall–Kier alpha value is -2.51. The van der Waals surface area contributed by atoms with E-state index < -0.39 is 4.92 Å². The van der Waals surface area contributed by atoms with Crippen molar-refractivity contribution < 1.29 is 9.72 Å². The van der Waals surface area contributed by atoms with Gasteiger partial charge in [-0.25, -0.2) is 0 Å². The first-order chi connectivity index (χ1) is 11.6. The van der Waals surface area contributed by atoms with Crippen molar-refractivity contribution in [1.29, 1.82) is 0 Å². The number of nitrogens with zero attached hydrogens (tertiary/aromatic N) is 3. The Bertz CT molecular complexity index is 769. The molecule has 1 aromatic carbocycles. The predicted molar refractivity (Wildman–Crippen MR) is 89.0 cm³/mol. The highest BCUT2D eigenvalue weighted by molar-refractivity contribution is 6.31. The van der Waals surface area contributed by atoms with Crippen LogP contribution in [0.15, 0.2) is 42.7 Å². The van der Waals surface area contributed by atoms with Crippen LogP contribution in [-0.2, 0) is 0 Å². The van der Waals surface area contributed by atoms with Gasteiger partial charge in [-0.2, -0.15) is 0 Å². The summed E-state index contributed by atoms with van der Waals surface area (Å²) in [6.07, 6.45) is 3.37. The van der Waals surface area contributed by atoms with Crippen molar-refractivity contribution in [3.63, 3.8) is 0 Å². The zero-order valence-corrected chi connectivity index (χ0v) is 13.4. The molecule has 1 fully saturated rings. The number of nitrogens with one attached hydrogen (secondary N) is 1. The summed E-state index contributed by atoms with van der Waals surface area (Å²) >= 11 is 5.83. The zero-order valence-electron chi connectivity index (χ0n) is 12.7. The highest BCUT2D eigenvalue weighted by atomic mass is 35.5. The number of pyridine rings is 1. The lowest BCUT2D eigenvalue weighted by molar-refractivity contribution is -0.385. The van der Waals surface area contributed by atoms with Gasteiger partial charge >= 0.3 is 0 Å². The van der Waals surface area contributed by atoms with Gasteiger partial charge in [0.2, 0.25) is 0 Å². The molecule has 3 rings (SSSR count). The maximum absolute atomic E-state index is 13.0. The molecule has 1 aliphatic rings. The largest absolute Gasteiger partial charge is 0.329 e. The van der Waals surface area contributed by atoms with E-state index in [1.54, 1.807) is 23.4 Å². The monoisotopic (exact) mass is 346 g/mol. The van der Waals surface area contributed by atoms with E-state index in [1.165, 1.54) is 18.2 Å². The van der Waals surface area contributed by atoms with Gasteiger partial charge in [0.1, 0.15) is 5.56 Å². The van der Waals surface area contributed by atoms with Gasteiger partial charge in [-0.3, -0.25) is 19.9 Å². The van der Waals surface area contributed by atoms with Crippen molar-refractivity contribution >= 4 is 23.2 Å². The summed E-state index contributed by atoms with van der Waals surface area (Å²) in [5, 5.41) is 14.7. The topological polar surface area (TPSA) is 88.4 Å². The van der Waals surface area contributed by atoms with E-state index in [0.717, 1.165) is 5.56 Å². The SMILES string of the molecule is O=C(c1ccc(Cl)cc1[N+](=O)[O-])N1CCNCC1c1cccnc1. The van der Waals surface area contributed by atoms with Crippen LogP contribution >= 0.6 is 11.6 Å². The van der Waals surface area contributed by atoms with Crippen LogP contribution in [0.3, 0.4) is 0 Å². The van der Waals surface area contributed by atoms with Crippen LogP contribution in [0.2, 0.25) is 5.02 Å². The molecule has 0 spiro atoms. The number of rotatable bonds is 3. The van der Waals surface area contributed by atoms with Gasteiger partial charge in [0, 0.05) is 43.1 Å². The number of hydrogen-bond acceptors (Lipinski definition) is 5. The smallest absolute Gasteiger partial charge is 0.283 e. The number of piperazine rings is 1. The first-order valence-corrected chi connectivity index (χ1v) is 7.81. The van der Waals surface area contributed by atoms with Gasteiger partial charge in [-0.1, -0.05) is 17.7 Å². The van der Waals surface area contributed by atoms with Crippen LogP contribution in [0.1, 0.15) is 22.0 Å². The van der Waals surface area contributed by atoms with E-state index in [-0.39, 0.29) is 28.2 Å². The number of carbonyl (C=O) groups is 1. The van der Waals surface area contributed by atoms with E-state index in [1.807, 2.05) is 6.07 Å². The van der Waals surface area contributed by atoms with E-state index in [2.05, 4.69) is 10.3 Å². The molecule has 124 valence electrons. The first-order valence-electron chi connectivity index (χ1n) is 7.43. The number of nitro groups is 1. The number of carbonyl (C=O) groups excluding carboxylic acids is 1.